The zero-order valence-corrected chi connectivity index (χ0v) is 25.6. The SMILES string of the molecule is COC1=CC(Oc2ccc3cnc(-n4c(-c5c(-c6ccccc6)cccc5-c5ccccc5)nc5ccccc54)nc3n2)=CC=CC1. The molecule has 0 radical (unpaired) electrons. The molecule has 1 aliphatic carbocycles. The lowest BCUT2D eigenvalue weighted by molar-refractivity contribution is 0.282. The van der Waals surface area contributed by atoms with E-state index in [2.05, 4.69) is 66.7 Å². The molecule has 226 valence electrons. The molecule has 0 atom stereocenters. The predicted molar refractivity (Wildman–Crippen MR) is 186 cm³/mol. The zero-order chi connectivity index (χ0) is 31.6. The van der Waals surface area contributed by atoms with Gasteiger partial charge >= 0.3 is 0 Å². The summed E-state index contributed by atoms with van der Waals surface area (Å²) in [6, 6.07) is 39.0. The first-order chi connectivity index (χ1) is 23.2. The van der Waals surface area contributed by atoms with Crippen molar-refractivity contribution in [2.45, 2.75) is 6.42 Å². The van der Waals surface area contributed by atoms with E-state index in [1.54, 1.807) is 13.3 Å². The maximum atomic E-state index is 6.16. The molecule has 1 aliphatic rings. The highest BCUT2D eigenvalue weighted by molar-refractivity contribution is 5.96. The molecule has 8 rings (SSSR count). The molecule has 0 spiro atoms. The lowest BCUT2D eigenvalue weighted by Crippen LogP contribution is -2.06. The van der Waals surface area contributed by atoms with Gasteiger partial charge in [0.15, 0.2) is 5.65 Å². The average Bonchev–Trinajstić information content (AvgIpc) is 3.37. The van der Waals surface area contributed by atoms with Gasteiger partial charge in [-0.1, -0.05) is 103 Å². The quantitative estimate of drug-likeness (QED) is 0.179. The minimum atomic E-state index is 0.423. The van der Waals surface area contributed by atoms with Gasteiger partial charge in [0.25, 0.3) is 0 Å². The molecule has 7 heteroatoms. The number of ether oxygens (including phenoxy) is 2. The van der Waals surface area contributed by atoms with Crippen molar-refractivity contribution >= 4 is 22.1 Å². The van der Waals surface area contributed by atoms with Gasteiger partial charge in [0.2, 0.25) is 11.8 Å². The van der Waals surface area contributed by atoms with Gasteiger partial charge in [0.1, 0.15) is 17.3 Å². The van der Waals surface area contributed by atoms with E-state index in [1.165, 1.54) is 0 Å². The van der Waals surface area contributed by atoms with Crippen molar-refractivity contribution in [2.24, 2.45) is 0 Å². The van der Waals surface area contributed by atoms with E-state index in [0.717, 1.165) is 55.8 Å². The summed E-state index contributed by atoms with van der Waals surface area (Å²) in [7, 11) is 1.66. The first-order valence-electron chi connectivity index (χ1n) is 15.4. The van der Waals surface area contributed by atoms with Gasteiger partial charge in [0.05, 0.1) is 18.1 Å². The number of fused-ring (bicyclic) bond motifs is 2. The number of methoxy groups -OCH3 is 1. The third kappa shape index (κ3) is 5.44. The first kappa shape index (κ1) is 28.2. The van der Waals surface area contributed by atoms with E-state index in [9.17, 15) is 0 Å². The van der Waals surface area contributed by atoms with Crippen LogP contribution >= 0.6 is 0 Å². The van der Waals surface area contributed by atoms with Gasteiger partial charge in [-0.3, -0.25) is 4.57 Å². The normalized spacial score (nSPS) is 12.9. The second kappa shape index (κ2) is 12.2. The summed E-state index contributed by atoms with van der Waals surface area (Å²) < 4.78 is 13.7. The predicted octanol–water partition coefficient (Wildman–Crippen LogP) is 9.12. The number of imidazole rings is 1. The van der Waals surface area contributed by atoms with Crippen molar-refractivity contribution in [1.82, 2.24) is 24.5 Å². The maximum absolute atomic E-state index is 6.16. The third-order valence-corrected chi connectivity index (χ3v) is 8.13. The molecule has 0 fully saturated rings. The van der Waals surface area contributed by atoms with Crippen LogP contribution in [0.1, 0.15) is 6.42 Å². The van der Waals surface area contributed by atoms with E-state index in [1.807, 2.05) is 77.4 Å². The molecule has 0 unspecified atom stereocenters. The van der Waals surface area contributed by atoms with Crippen molar-refractivity contribution in [3.8, 4) is 45.5 Å². The van der Waals surface area contributed by atoms with Gasteiger partial charge in [-0.2, -0.15) is 9.97 Å². The molecule has 0 bridgehead atoms. The molecule has 0 saturated heterocycles. The average molecular weight is 612 g/mol. The Morgan fingerprint density at radius 2 is 1.43 bits per heavy atom. The van der Waals surface area contributed by atoms with Crippen LogP contribution in [-0.4, -0.2) is 31.6 Å². The Bertz CT molecular complexity index is 2280. The summed E-state index contributed by atoms with van der Waals surface area (Å²) in [4.78, 5) is 19.9. The second-order valence-corrected chi connectivity index (χ2v) is 11.1. The van der Waals surface area contributed by atoms with Crippen LogP contribution < -0.4 is 4.74 Å². The fourth-order valence-corrected chi connectivity index (χ4v) is 5.89. The Kier molecular flexibility index (Phi) is 7.32. The molecule has 7 aromatic rings. The van der Waals surface area contributed by atoms with Crippen LogP contribution in [0.5, 0.6) is 5.88 Å². The number of aromatic nitrogens is 5. The van der Waals surface area contributed by atoms with Crippen LogP contribution in [0, 0.1) is 0 Å². The molecule has 47 heavy (non-hydrogen) atoms. The van der Waals surface area contributed by atoms with Crippen LogP contribution in [0.4, 0.5) is 0 Å². The number of benzene rings is 4. The summed E-state index contributed by atoms with van der Waals surface area (Å²) in [5.74, 6) is 3.06. The molecular weight excluding hydrogens is 582 g/mol. The largest absolute Gasteiger partial charge is 0.501 e. The number of para-hydroxylation sites is 2. The van der Waals surface area contributed by atoms with Crippen molar-refractivity contribution in [3.05, 3.63) is 157 Å². The van der Waals surface area contributed by atoms with Crippen LogP contribution in [0.25, 0.3) is 61.7 Å². The molecule has 3 aromatic heterocycles. The fraction of sp³-hybridized carbons (Fsp3) is 0.0500. The Hall–Kier alpha value is -6.34. The summed E-state index contributed by atoms with van der Waals surface area (Å²) >= 11 is 0. The van der Waals surface area contributed by atoms with Crippen LogP contribution in [0.3, 0.4) is 0 Å². The fourth-order valence-electron chi connectivity index (χ4n) is 5.89. The van der Waals surface area contributed by atoms with Crippen molar-refractivity contribution in [3.63, 3.8) is 0 Å². The minimum Gasteiger partial charge on any atom is -0.501 e. The topological polar surface area (TPSA) is 75.0 Å². The van der Waals surface area contributed by atoms with Crippen LogP contribution in [0.2, 0.25) is 0 Å². The van der Waals surface area contributed by atoms with Crippen molar-refractivity contribution in [2.75, 3.05) is 7.11 Å². The lowest BCUT2D eigenvalue weighted by atomic mass is 9.91. The van der Waals surface area contributed by atoms with E-state index >= 15 is 0 Å². The van der Waals surface area contributed by atoms with Crippen LogP contribution in [0.15, 0.2) is 157 Å². The summed E-state index contributed by atoms with van der Waals surface area (Å²) in [6.07, 6.45) is 10.2. The second-order valence-electron chi connectivity index (χ2n) is 11.1. The molecule has 3 heterocycles. The highest BCUT2D eigenvalue weighted by atomic mass is 16.5. The summed E-state index contributed by atoms with van der Waals surface area (Å²) in [5.41, 5.74) is 7.54. The standard InChI is InChI=1S/C40H29N5O2/c1-46-30-17-8-9-18-31(25-30)47-36-24-23-29-26-41-40(44-38(29)43-36)45-35-22-11-10-21-34(35)42-39(45)37-32(27-13-4-2-5-14-27)19-12-20-33(37)28-15-6-3-7-16-28/h2-16,18-26H,17H2,1H3. The Morgan fingerprint density at radius 3 is 2.17 bits per heavy atom. The smallest absolute Gasteiger partial charge is 0.237 e. The molecular formula is C40H29N5O2. The Labute approximate surface area is 271 Å². The molecule has 7 nitrogen and oxygen atoms in total. The van der Waals surface area contributed by atoms with Gasteiger partial charge in [0, 0.05) is 35.7 Å². The maximum Gasteiger partial charge on any atom is 0.237 e. The molecule has 0 saturated carbocycles. The lowest BCUT2D eigenvalue weighted by Gasteiger charge is -2.17. The van der Waals surface area contributed by atoms with Gasteiger partial charge in [-0.05, 0) is 46.5 Å². The Morgan fingerprint density at radius 1 is 0.702 bits per heavy atom. The van der Waals surface area contributed by atoms with E-state index < -0.39 is 0 Å². The zero-order valence-electron chi connectivity index (χ0n) is 25.6. The number of hydrogen-bond acceptors (Lipinski definition) is 6. The molecule has 0 amide bonds. The minimum absolute atomic E-state index is 0.423. The van der Waals surface area contributed by atoms with Gasteiger partial charge in [-0.25, -0.2) is 9.97 Å². The van der Waals surface area contributed by atoms with Gasteiger partial charge < -0.3 is 9.47 Å². The summed E-state index contributed by atoms with van der Waals surface area (Å²) in [5, 5.41) is 0.796. The number of nitrogens with zero attached hydrogens (tertiary/aromatic N) is 5. The first-order valence-corrected chi connectivity index (χ1v) is 15.4. The van der Waals surface area contributed by atoms with E-state index in [-0.39, 0.29) is 0 Å². The van der Waals surface area contributed by atoms with Crippen molar-refractivity contribution < 1.29 is 9.47 Å². The van der Waals surface area contributed by atoms with Crippen molar-refractivity contribution in [1.29, 1.82) is 0 Å². The summed E-state index contributed by atoms with van der Waals surface area (Å²) in [6.45, 7) is 0. The molecule has 4 aromatic carbocycles. The highest BCUT2D eigenvalue weighted by Gasteiger charge is 2.23. The van der Waals surface area contributed by atoms with E-state index in [4.69, 9.17) is 29.4 Å². The molecule has 0 N–H and O–H groups in total. The molecule has 0 aliphatic heterocycles. The van der Waals surface area contributed by atoms with Crippen LogP contribution in [-0.2, 0) is 4.74 Å². The number of allylic oxidation sites excluding steroid dienone is 4. The third-order valence-electron chi connectivity index (χ3n) is 8.13. The monoisotopic (exact) mass is 611 g/mol. The Balaban J connectivity index is 1.33. The number of rotatable bonds is 7. The number of hydrogen-bond donors (Lipinski definition) is 0. The van der Waals surface area contributed by atoms with E-state index in [0.29, 0.717) is 29.7 Å². The highest BCUT2D eigenvalue weighted by Crippen LogP contribution is 2.41. The number of pyridine rings is 1. The van der Waals surface area contributed by atoms with Gasteiger partial charge in [-0.15, -0.1) is 0 Å².